The van der Waals surface area contributed by atoms with Gasteiger partial charge in [0.15, 0.2) is 6.10 Å². The normalized spacial score (nSPS) is 39.0. The quantitative estimate of drug-likeness (QED) is 0.224. The third-order valence-corrected chi connectivity index (χ3v) is 3.28. The van der Waals surface area contributed by atoms with Crippen LogP contribution in [-0.2, 0) is 18.6 Å². The van der Waals surface area contributed by atoms with E-state index in [9.17, 15) is 34.9 Å². The molecule has 12 nitrogen and oxygen atoms in total. The first-order chi connectivity index (χ1) is 9.39. The Morgan fingerprint density at radius 3 is 2.24 bits per heavy atom. The molecule has 1 aliphatic heterocycles. The van der Waals surface area contributed by atoms with Gasteiger partial charge in [0, 0.05) is 0 Å². The molecule has 8 N–H and O–H groups in total. The second-order valence-electron chi connectivity index (χ2n) is 4.40. The summed E-state index contributed by atoms with van der Waals surface area (Å²) in [5.74, 6) is -4.82. The Morgan fingerprint density at radius 1 is 1.29 bits per heavy atom. The molecule has 0 aliphatic carbocycles. The summed E-state index contributed by atoms with van der Waals surface area (Å²) in [4.78, 5) is 27.7. The Hall–Kier alpha value is -0.660. The largest absolute Gasteiger partial charge is 0.479 e. The van der Waals surface area contributed by atoms with E-state index in [1.807, 2.05) is 0 Å². The van der Waals surface area contributed by atoms with Crippen LogP contribution in [0.3, 0.4) is 0 Å². The van der Waals surface area contributed by atoms with Gasteiger partial charge in [-0.1, -0.05) is 0 Å². The molecule has 0 aromatic heterocycles. The zero-order chi connectivity index (χ0) is 16.6. The Labute approximate surface area is 117 Å². The highest BCUT2D eigenvalue weighted by atomic mass is 31.2. The van der Waals surface area contributed by atoms with Crippen molar-refractivity contribution in [3.05, 3.63) is 0 Å². The number of phosphoric acid groups is 1. The number of carboxylic acids is 1. The van der Waals surface area contributed by atoms with Crippen LogP contribution in [0.4, 0.5) is 0 Å². The molecule has 124 valence electrons. The van der Waals surface area contributed by atoms with Crippen molar-refractivity contribution in [3.63, 3.8) is 0 Å². The van der Waals surface area contributed by atoms with Crippen molar-refractivity contribution in [2.45, 2.75) is 36.3 Å². The lowest BCUT2D eigenvalue weighted by Crippen LogP contribution is -2.68. The first-order valence-corrected chi connectivity index (χ1v) is 6.97. The number of aliphatic hydroxyl groups is 5. The molecule has 1 fully saturated rings. The van der Waals surface area contributed by atoms with E-state index in [4.69, 9.17) is 14.9 Å². The van der Waals surface area contributed by atoms with Crippen LogP contribution in [0.2, 0.25) is 0 Å². The van der Waals surface area contributed by atoms with Gasteiger partial charge in [-0.05, 0) is 0 Å². The number of rotatable bonds is 5. The molecule has 0 bridgehead atoms. The zero-order valence-electron chi connectivity index (χ0n) is 10.3. The maximum absolute atomic E-state index is 10.6. The lowest BCUT2D eigenvalue weighted by Gasteiger charge is -2.46. The summed E-state index contributed by atoms with van der Waals surface area (Å²) in [7, 11) is -5.07. The highest BCUT2D eigenvalue weighted by molar-refractivity contribution is 7.46. The van der Waals surface area contributed by atoms with Gasteiger partial charge >= 0.3 is 13.8 Å². The van der Waals surface area contributed by atoms with E-state index < -0.39 is 56.7 Å². The van der Waals surface area contributed by atoms with Crippen molar-refractivity contribution in [2.75, 3.05) is 6.61 Å². The summed E-state index contributed by atoms with van der Waals surface area (Å²) in [6, 6.07) is 0. The SMILES string of the molecule is O=C(O)C(O)[C@@H]1O[C@](O)(COP(=O)(O)O)[C@@H](O)[C@H](O)[C@@H]1O. The highest BCUT2D eigenvalue weighted by Crippen LogP contribution is 2.39. The number of aliphatic carboxylic acids is 1. The maximum Gasteiger partial charge on any atom is 0.469 e. The van der Waals surface area contributed by atoms with E-state index in [0.717, 1.165) is 0 Å². The summed E-state index contributed by atoms with van der Waals surface area (Å²) in [5, 5.41) is 56.4. The molecule has 1 unspecified atom stereocenters. The van der Waals surface area contributed by atoms with Gasteiger partial charge in [0.05, 0.1) is 0 Å². The van der Waals surface area contributed by atoms with Crippen molar-refractivity contribution in [1.82, 2.24) is 0 Å². The van der Waals surface area contributed by atoms with E-state index >= 15 is 0 Å². The molecule has 13 heteroatoms. The second kappa shape index (κ2) is 6.22. The van der Waals surface area contributed by atoms with Gasteiger partial charge in [-0.3, -0.25) is 4.52 Å². The van der Waals surface area contributed by atoms with Crippen molar-refractivity contribution in [1.29, 1.82) is 0 Å². The summed E-state index contributed by atoms with van der Waals surface area (Å²) >= 11 is 0. The van der Waals surface area contributed by atoms with Gasteiger partial charge in [0.2, 0.25) is 5.79 Å². The minimum atomic E-state index is -5.07. The molecule has 1 saturated heterocycles. The fourth-order valence-corrected chi connectivity index (χ4v) is 2.06. The summed E-state index contributed by atoms with van der Waals surface area (Å²) in [5.41, 5.74) is 0. The first kappa shape index (κ1) is 18.4. The van der Waals surface area contributed by atoms with Crippen LogP contribution in [0.15, 0.2) is 0 Å². The van der Waals surface area contributed by atoms with Crippen LogP contribution in [0, 0.1) is 0 Å². The predicted molar refractivity (Wildman–Crippen MR) is 59.5 cm³/mol. The first-order valence-electron chi connectivity index (χ1n) is 5.44. The van der Waals surface area contributed by atoms with E-state index in [0.29, 0.717) is 0 Å². The summed E-state index contributed by atoms with van der Waals surface area (Å²) < 4.78 is 19.1. The number of ether oxygens (including phenoxy) is 1. The average molecular weight is 334 g/mol. The molecule has 6 atom stereocenters. The molecule has 0 aromatic carbocycles. The minimum Gasteiger partial charge on any atom is -0.479 e. The fourth-order valence-electron chi connectivity index (χ4n) is 1.71. The predicted octanol–water partition coefficient (Wildman–Crippen LogP) is -4.29. The van der Waals surface area contributed by atoms with Crippen LogP contribution < -0.4 is 0 Å². The average Bonchev–Trinajstić information content (AvgIpc) is 2.37. The smallest absolute Gasteiger partial charge is 0.469 e. The molecule has 0 amide bonds. The van der Waals surface area contributed by atoms with Crippen LogP contribution in [0.1, 0.15) is 0 Å². The lowest BCUT2D eigenvalue weighted by molar-refractivity contribution is -0.361. The van der Waals surface area contributed by atoms with Gasteiger partial charge in [-0.25, -0.2) is 9.36 Å². The van der Waals surface area contributed by atoms with Crippen LogP contribution >= 0.6 is 7.82 Å². The van der Waals surface area contributed by atoms with Crippen molar-refractivity contribution in [3.8, 4) is 0 Å². The molecule has 21 heavy (non-hydrogen) atoms. The number of phosphoric ester groups is 1. The van der Waals surface area contributed by atoms with Crippen LogP contribution in [0.5, 0.6) is 0 Å². The van der Waals surface area contributed by atoms with Gasteiger partial charge < -0.3 is 45.2 Å². The molecular weight excluding hydrogens is 319 g/mol. The molecular formula is C8H15O12P. The third kappa shape index (κ3) is 4.17. The Bertz CT molecular complexity index is 435. The lowest BCUT2D eigenvalue weighted by atomic mass is 9.90. The summed E-state index contributed by atoms with van der Waals surface area (Å²) in [6.07, 6.45) is -11.0. The summed E-state index contributed by atoms with van der Waals surface area (Å²) in [6.45, 7) is -1.36. The third-order valence-electron chi connectivity index (χ3n) is 2.82. The van der Waals surface area contributed by atoms with Crippen LogP contribution in [-0.4, -0.2) is 89.3 Å². The maximum atomic E-state index is 10.6. The van der Waals surface area contributed by atoms with Gasteiger partial charge in [0.25, 0.3) is 0 Å². The number of aliphatic hydroxyl groups excluding tert-OH is 4. The Balaban J connectivity index is 2.98. The van der Waals surface area contributed by atoms with Crippen molar-refractivity contribution >= 4 is 13.8 Å². The molecule has 0 saturated carbocycles. The number of carboxylic acid groups (broad SMARTS) is 1. The minimum absolute atomic E-state index is 1.36. The van der Waals surface area contributed by atoms with E-state index in [2.05, 4.69) is 9.26 Å². The zero-order valence-corrected chi connectivity index (χ0v) is 11.1. The Kier molecular flexibility index (Phi) is 5.45. The molecule has 0 radical (unpaired) electrons. The van der Waals surface area contributed by atoms with Crippen molar-refractivity contribution < 1.29 is 59.0 Å². The van der Waals surface area contributed by atoms with Gasteiger partial charge in [-0.2, -0.15) is 0 Å². The molecule has 0 aromatic rings. The highest BCUT2D eigenvalue weighted by Gasteiger charge is 2.56. The van der Waals surface area contributed by atoms with Gasteiger partial charge in [-0.15, -0.1) is 0 Å². The van der Waals surface area contributed by atoms with E-state index in [1.165, 1.54) is 0 Å². The van der Waals surface area contributed by atoms with Crippen molar-refractivity contribution in [2.24, 2.45) is 0 Å². The number of hydrogen-bond acceptors (Lipinski definition) is 9. The molecule has 1 aliphatic rings. The van der Waals surface area contributed by atoms with E-state index in [1.54, 1.807) is 0 Å². The van der Waals surface area contributed by atoms with Crippen LogP contribution in [0.25, 0.3) is 0 Å². The Morgan fingerprint density at radius 2 is 1.81 bits per heavy atom. The fraction of sp³-hybridized carbons (Fsp3) is 0.875. The molecule has 0 spiro atoms. The monoisotopic (exact) mass is 334 g/mol. The molecule has 1 rings (SSSR count). The topological polar surface area (TPSA) is 214 Å². The number of carbonyl (C=O) groups is 1. The number of hydrogen-bond donors (Lipinski definition) is 8. The molecule has 1 heterocycles. The standard InChI is InChI=1S/C8H15O12P/c9-2-3(10)6(12)8(15,1-19-21(16,17)18)20-5(2)4(11)7(13)14/h2-6,9-12,15H,1H2,(H,13,14)(H2,16,17,18)/t2-,3+,4?,5+,6-,8+/m0/s1. The second-order valence-corrected chi connectivity index (χ2v) is 5.64. The van der Waals surface area contributed by atoms with E-state index in [-0.39, 0.29) is 0 Å². The van der Waals surface area contributed by atoms with Gasteiger partial charge in [0.1, 0.15) is 31.0 Å².